The van der Waals surface area contributed by atoms with Crippen LogP contribution >= 0.6 is 0 Å². The standard InChI is InChI=1S/C31H37FN4O7S/c1-23(31(38)33-15-16-35-17-19-42-20-18-35)36(21-24-3-9-27(41-2)10-4-24)30(37)22-43-28-11-13-29(14-12-28)44(39,40)34-26-7-5-25(32)6-8-26/h3-14,23,34H,15-22H2,1-2H3,(H,33,38)/t23-/m0/s1. The third-order valence-electron chi connectivity index (χ3n) is 7.10. The summed E-state index contributed by atoms with van der Waals surface area (Å²) in [6, 6.07) is 16.9. The molecule has 0 bridgehead atoms. The molecule has 11 nitrogen and oxygen atoms in total. The third kappa shape index (κ3) is 9.40. The second kappa shape index (κ2) is 15.5. The quantitative estimate of drug-likeness (QED) is 0.279. The molecule has 0 spiro atoms. The molecule has 2 amide bonds. The Morgan fingerprint density at radius 1 is 0.977 bits per heavy atom. The minimum Gasteiger partial charge on any atom is -0.497 e. The van der Waals surface area contributed by atoms with Gasteiger partial charge in [0.15, 0.2) is 6.61 Å². The molecule has 0 aliphatic carbocycles. The van der Waals surface area contributed by atoms with Gasteiger partial charge >= 0.3 is 0 Å². The first-order valence-electron chi connectivity index (χ1n) is 14.2. The zero-order chi connectivity index (χ0) is 31.5. The number of carbonyl (C=O) groups is 2. The Balaban J connectivity index is 1.38. The van der Waals surface area contributed by atoms with Crippen molar-refractivity contribution in [1.29, 1.82) is 0 Å². The van der Waals surface area contributed by atoms with E-state index in [1.807, 2.05) is 12.1 Å². The van der Waals surface area contributed by atoms with E-state index in [2.05, 4.69) is 14.9 Å². The highest BCUT2D eigenvalue weighted by atomic mass is 32.2. The number of halogens is 1. The van der Waals surface area contributed by atoms with E-state index in [1.165, 1.54) is 41.3 Å². The number of anilines is 1. The van der Waals surface area contributed by atoms with E-state index >= 15 is 0 Å². The second-order valence-electron chi connectivity index (χ2n) is 10.2. The molecule has 1 fully saturated rings. The number of nitrogens with one attached hydrogen (secondary N) is 2. The van der Waals surface area contributed by atoms with Crippen molar-refractivity contribution in [1.82, 2.24) is 15.1 Å². The number of morpholine rings is 1. The van der Waals surface area contributed by atoms with Gasteiger partial charge in [-0.3, -0.25) is 19.2 Å². The SMILES string of the molecule is COc1ccc(CN(C(=O)COc2ccc(S(=O)(=O)Nc3ccc(F)cc3)cc2)[C@@H](C)C(=O)NCCN2CCOCC2)cc1. The molecule has 0 radical (unpaired) electrons. The lowest BCUT2D eigenvalue weighted by Gasteiger charge is -2.30. The molecular weight excluding hydrogens is 591 g/mol. The van der Waals surface area contributed by atoms with Gasteiger partial charge in [-0.05, 0) is 73.2 Å². The zero-order valence-corrected chi connectivity index (χ0v) is 25.5. The predicted molar refractivity (Wildman–Crippen MR) is 162 cm³/mol. The average molecular weight is 629 g/mol. The largest absolute Gasteiger partial charge is 0.497 e. The van der Waals surface area contributed by atoms with Gasteiger partial charge in [-0.1, -0.05) is 12.1 Å². The van der Waals surface area contributed by atoms with E-state index < -0.39 is 27.8 Å². The van der Waals surface area contributed by atoms with E-state index in [0.29, 0.717) is 32.1 Å². The van der Waals surface area contributed by atoms with Crippen molar-refractivity contribution >= 4 is 27.5 Å². The number of amides is 2. The maximum Gasteiger partial charge on any atom is 0.261 e. The number of benzene rings is 3. The first kappa shape index (κ1) is 32.7. The Labute approximate surface area is 256 Å². The lowest BCUT2D eigenvalue weighted by molar-refractivity contribution is -0.142. The average Bonchev–Trinajstić information content (AvgIpc) is 3.04. The minimum atomic E-state index is -3.93. The summed E-state index contributed by atoms with van der Waals surface area (Å²) in [7, 11) is -2.36. The summed E-state index contributed by atoms with van der Waals surface area (Å²) in [6.45, 7) is 5.53. The molecular formula is C31H37FN4O7S. The number of hydrogen-bond acceptors (Lipinski definition) is 8. The van der Waals surface area contributed by atoms with Crippen molar-refractivity contribution < 1.29 is 36.6 Å². The van der Waals surface area contributed by atoms with Gasteiger partial charge in [0.2, 0.25) is 5.91 Å². The maximum atomic E-state index is 13.4. The van der Waals surface area contributed by atoms with E-state index in [-0.39, 0.29) is 35.4 Å². The smallest absolute Gasteiger partial charge is 0.261 e. The molecule has 1 atom stereocenters. The molecule has 0 unspecified atom stereocenters. The first-order valence-corrected chi connectivity index (χ1v) is 15.6. The van der Waals surface area contributed by atoms with Crippen molar-refractivity contribution in [2.45, 2.75) is 24.4 Å². The van der Waals surface area contributed by atoms with E-state index in [4.69, 9.17) is 14.2 Å². The Bertz CT molecular complexity index is 1480. The fraction of sp³-hybridized carbons (Fsp3) is 0.355. The molecule has 0 aromatic heterocycles. The molecule has 44 heavy (non-hydrogen) atoms. The second-order valence-corrected chi connectivity index (χ2v) is 11.8. The Kier molecular flexibility index (Phi) is 11.5. The van der Waals surface area contributed by atoms with Crippen molar-refractivity contribution in [2.75, 3.05) is 57.8 Å². The van der Waals surface area contributed by atoms with Crippen LogP contribution in [0.1, 0.15) is 12.5 Å². The normalized spacial score (nSPS) is 14.3. The highest BCUT2D eigenvalue weighted by Crippen LogP contribution is 2.20. The lowest BCUT2D eigenvalue weighted by Crippen LogP contribution is -2.50. The highest BCUT2D eigenvalue weighted by Gasteiger charge is 2.27. The molecule has 1 heterocycles. The Morgan fingerprint density at radius 3 is 2.25 bits per heavy atom. The van der Waals surface area contributed by atoms with Gasteiger partial charge in [-0.25, -0.2) is 12.8 Å². The van der Waals surface area contributed by atoms with Gasteiger partial charge in [0, 0.05) is 38.4 Å². The third-order valence-corrected chi connectivity index (χ3v) is 8.50. The van der Waals surface area contributed by atoms with Crippen LogP contribution in [0.25, 0.3) is 0 Å². The van der Waals surface area contributed by atoms with Crippen molar-refractivity contribution in [3.8, 4) is 11.5 Å². The van der Waals surface area contributed by atoms with Crippen LogP contribution in [0.2, 0.25) is 0 Å². The topological polar surface area (TPSA) is 127 Å². The monoisotopic (exact) mass is 628 g/mol. The summed E-state index contributed by atoms with van der Waals surface area (Å²) < 4.78 is 57.2. The fourth-order valence-electron chi connectivity index (χ4n) is 4.49. The van der Waals surface area contributed by atoms with Crippen molar-refractivity contribution in [2.24, 2.45) is 0 Å². The molecule has 1 aliphatic heterocycles. The number of methoxy groups -OCH3 is 1. The van der Waals surface area contributed by atoms with Gasteiger partial charge in [0.25, 0.3) is 15.9 Å². The van der Waals surface area contributed by atoms with Crippen LogP contribution in [0.15, 0.2) is 77.7 Å². The van der Waals surface area contributed by atoms with Crippen LogP contribution in [0.5, 0.6) is 11.5 Å². The summed E-state index contributed by atoms with van der Waals surface area (Å²) in [5.74, 6) is -0.256. The number of hydrogen-bond donors (Lipinski definition) is 2. The summed E-state index contributed by atoms with van der Waals surface area (Å²) in [5, 5.41) is 2.93. The Morgan fingerprint density at radius 2 is 1.61 bits per heavy atom. The van der Waals surface area contributed by atoms with Crippen LogP contribution in [-0.4, -0.2) is 89.2 Å². The Hall–Kier alpha value is -4.20. The fourth-order valence-corrected chi connectivity index (χ4v) is 5.55. The summed E-state index contributed by atoms with van der Waals surface area (Å²) in [6.07, 6.45) is 0. The van der Waals surface area contributed by atoms with Gasteiger partial charge in [-0.2, -0.15) is 0 Å². The molecule has 236 valence electrons. The van der Waals surface area contributed by atoms with Gasteiger partial charge in [-0.15, -0.1) is 0 Å². The molecule has 2 N–H and O–H groups in total. The maximum absolute atomic E-state index is 13.4. The van der Waals surface area contributed by atoms with Gasteiger partial charge < -0.3 is 24.4 Å². The summed E-state index contributed by atoms with van der Waals surface area (Å²) in [5.41, 5.74) is 1.02. The number of nitrogens with zero attached hydrogens (tertiary/aromatic N) is 2. The molecule has 3 aromatic carbocycles. The lowest BCUT2D eigenvalue weighted by atomic mass is 10.1. The van der Waals surface area contributed by atoms with Crippen LogP contribution in [0, 0.1) is 5.82 Å². The number of rotatable bonds is 14. The molecule has 3 aromatic rings. The molecule has 13 heteroatoms. The van der Waals surface area contributed by atoms with Crippen LogP contribution < -0.4 is 19.5 Å². The van der Waals surface area contributed by atoms with Crippen LogP contribution in [0.4, 0.5) is 10.1 Å². The molecule has 4 rings (SSSR count). The first-order chi connectivity index (χ1) is 21.1. The number of ether oxygens (including phenoxy) is 3. The zero-order valence-electron chi connectivity index (χ0n) is 24.7. The minimum absolute atomic E-state index is 0.0380. The predicted octanol–water partition coefficient (Wildman–Crippen LogP) is 2.88. The van der Waals surface area contributed by atoms with Crippen molar-refractivity contribution in [3.05, 3.63) is 84.2 Å². The van der Waals surface area contributed by atoms with Gasteiger partial charge in [0.1, 0.15) is 23.4 Å². The molecule has 1 saturated heterocycles. The van der Waals surface area contributed by atoms with Crippen LogP contribution in [0.3, 0.4) is 0 Å². The van der Waals surface area contributed by atoms with Crippen molar-refractivity contribution in [3.63, 3.8) is 0 Å². The highest BCUT2D eigenvalue weighted by molar-refractivity contribution is 7.92. The summed E-state index contributed by atoms with van der Waals surface area (Å²) >= 11 is 0. The number of carbonyl (C=O) groups excluding carboxylic acids is 2. The van der Waals surface area contributed by atoms with Gasteiger partial charge in [0.05, 0.1) is 25.2 Å². The number of sulfonamides is 1. The van der Waals surface area contributed by atoms with Crippen LogP contribution in [-0.2, 0) is 30.9 Å². The molecule has 1 aliphatic rings. The van der Waals surface area contributed by atoms with E-state index in [9.17, 15) is 22.4 Å². The molecule has 0 saturated carbocycles. The van der Waals surface area contributed by atoms with E-state index in [1.54, 1.807) is 26.2 Å². The van der Waals surface area contributed by atoms with E-state index in [0.717, 1.165) is 30.8 Å². The summed E-state index contributed by atoms with van der Waals surface area (Å²) in [4.78, 5) is 30.1.